The summed E-state index contributed by atoms with van der Waals surface area (Å²) >= 11 is 0. The quantitative estimate of drug-likeness (QED) is 0.750. The summed E-state index contributed by atoms with van der Waals surface area (Å²) in [6.07, 6.45) is 0. The van der Waals surface area contributed by atoms with E-state index >= 15 is 0 Å². The van der Waals surface area contributed by atoms with Gasteiger partial charge in [-0.3, -0.25) is 0 Å². The molecule has 1 N–H and O–H groups in total. The maximum atomic E-state index is 5.48. The van der Waals surface area contributed by atoms with Crippen molar-refractivity contribution in [1.29, 1.82) is 0 Å². The summed E-state index contributed by atoms with van der Waals surface area (Å²) in [5.74, 6) is 1.75. The van der Waals surface area contributed by atoms with Crippen LogP contribution in [0.1, 0.15) is 12.7 Å². The molecule has 0 spiro atoms. The van der Waals surface area contributed by atoms with E-state index < -0.39 is 8.07 Å². The summed E-state index contributed by atoms with van der Waals surface area (Å²) in [6.45, 7) is 11.5. The van der Waals surface area contributed by atoms with Gasteiger partial charge in [-0.1, -0.05) is 19.6 Å². The number of aryl methyl sites for hydroxylation is 1. The molecule has 0 aliphatic heterocycles. The fraction of sp³-hybridized carbons (Fsp3) is 0.667. The Labute approximate surface area is 80.5 Å². The molecule has 1 rings (SSSR count). The predicted molar refractivity (Wildman–Crippen MR) is 57.5 cm³/mol. The molecule has 0 amide bonds. The van der Waals surface area contributed by atoms with Crippen molar-refractivity contribution in [3.05, 3.63) is 5.82 Å². The average molecular weight is 198 g/mol. The second-order valence-corrected chi connectivity index (χ2v) is 9.19. The second-order valence-electron chi connectivity index (χ2n) is 4.19. The van der Waals surface area contributed by atoms with Gasteiger partial charge in [-0.15, -0.1) is 0 Å². The number of H-pyrrole nitrogens is 1. The molecule has 0 unspecified atom stereocenters. The van der Waals surface area contributed by atoms with Gasteiger partial charge in [0.05, 0.1) is 11.9 Å². The van der Waals surface area contributed by atoms with Crippen molar-refractivity contribution in [3.8, 4) is 5.88 Å². The number of nitrogens with zero attached hydrogens (tertiary/aromatic N) is 1. The summed E-state index contributed by atoms with van der Waals surface area (Å²) in [6, 6.07) is 0. The SMILES string of the molecule is CCOc1nc(C)[nH]c1[Si](C)(C)C. The molecule has 0 radical (unpaired) electrons. The zero-order valence-corrected chi connectivity index (χ0v) is 10.1. The van der Waals surface area contributed by atoms with Crippen molar-refractivity contribution in [2.24, 2.45) is 0 Å². The van der Waals surface area contributed by atoms with Gasteiger partial charge in [-0.2, -0.15) is 4.98 Å². The van der Waals surface area contributed by atoms with E-state index in [1.54, 1.807) is 0 Å². The van der Waals surface area contributed by atoms with Crippen molar-refractivity contribution in [2.45, 2.75) is 33.5 Å². The van der Waals surface area contributed by atoms with Gasteiger partial charge in [0.15, 0.2) is 0 Å². The lowest BCUT2D eigenvalue weighted by Crippen LogP contribution is -2.39. The van der Waals surface area contributed by atoms with Gasteiger partial charge in [0, 0.05) is 0 Å². The first-order valence-corrected chi connectivity index (χ1v) is 8.15. The Morgan fingerprint density at radius 3 is 2.46 bits per heavy atom. The van der Waals surface area contributed by atoms with E-state index in [0.29, 0.717) is 6.61 Å². The lowest BCUT2D eigenvalue weighted by Gasteiger charge is -2.15. The zero-order chi connectivity index (χ0) is 10.1. The third-order valence-corrected chi connectivity index (χ3v) is 3.66. The molecule has 0 atom stereocenters. The lowest BCUT2D eigenvalue weighted by atomic mass is 10.7. The summed E-state index contributed by atoms with van der Waals surface area (Å²) in [5, 5.41) is 1.21. The molecule has 0 fully saturated rings. The van der Waals surface area contributed by atoms with Crippen molar-refractivity contribution in [3.63, 3.8) is 0 Å². The highest BCUT2D eigenvalue weighted by molar-refractivity contribution is 6.88. The normalized spacial score (nSPS) is 11.8. The van der Waals surface area contributed by atoms with Crippen LogP contribution in [-0.2, 0) is 0 Å². The molecule has 0 saturated heterocycles. The highest BCUT2D eigenvalue weighted by Crippen LogP contribution is 2.11. The van der Waals surface area contributed by atoms with Gasteiger partial charge in [0.1, 0.15) is 13.9 Å². The smallest absolute Gasteiger partial charge is 0.230 e. The molecule has 0 bridgehead atoms. The Kier molecular flexibility index (Phi) is 2.80. The van der Waals surface area contributed by atoms with E-state index in [9.17, 15) is 0 Å². The van der Waals surface area contributed by atoms with Crippen LogP contribution in [0.2, 0.25) is 19.6 Å². The maximum Gasteiger partial charge on any atom is 0.230 e. The molecule has 1 aromatic heterocycles. The summed E-state index contributed by atoms with van der Waals surface area (Å²) < 4.78 is 5.48. The van der Waals surface area contributed by atoms with Crippen LogP contribution >= 0.6 is 0 Å². The molecule has 13 heavy (non-hydrogen) atoms. The van der Waals surface area contributed by atoms with Gasteiger partial charge in [0.25, 0.3) is 0 Å². The molecule has 74 valence electrons. The van der Waals surface area contributed by atoms with Crippen LogP contribution in [0.15, 0.2) is 0 Å². The van der Waals surface area contributed by atoms with Crippen molar-refractivity contribution in [1.82, 2.24) is 9.97 Å². The molecule has 1 aromatic rings. The summed E-state index contributed by atoms with van der Waals surface area (Å²) in [5.41, 5.74) is 0. The minimum atomic E-state index is -1.34. The Morgan fingerprint density at radius 2 is 2.00 bits per heavy atom. The minimum absolute atomic E-state index is 0.682. The molecule has 0 aromatic carbocycles. The largest absolute Gasteiger partial charge is 0.477 e. The molecular formula is C9H18N2OSi. The van der Waals surface area contributed by atoms with E-state index in [0.717, 1.165) is 11.7 Å². The fourth-order valence-electron chi connectivity index (χ4n) is 1.22. The molecule has 0 aliphatic rings. The van der Waals surface area contributed by atoms with Gasteiger partial charge in [-0.05, 0) is 13.8 Å². The van der Waals surface area contributed by atoms with E-state index in [4.69, 9.17) is 4.74 Å². The molecule has 3 nitrogen and oxygen atoms in total. The van der Waals surface area contributed by atoms with Crippen LogP contribution in [0.4, 0.5) is 0 Å². The fourth-order valence-corrected chi connectivity index (χ4v) is 2.55. The van der Waals surface area contributed by atoms with Crippen LogP contribution in [0.5, 0.6) is 5.88 Å². The number of nitrogens with one attached hydrogen (secondary N) is 1. The van der Waals surface area contributed by atoms with Gasteiger partial charge in [0.2, 0.25) is 5.88 Å². The molecular weight excluding hydrogens is 180 g/mol. The first kappa shape index (κ1) is 10.3. The van der Waals surface area contributed by atoms with Gasteiger partial charge >= 0.3 is 0 Å². The number of ether oxygens (including phenoxy) is 1. The number of rotatable bonds is 3. The standard InChI is InChI=1S/C9H18N2OSi/c1-6-12-8-9(13(3,4)5)11-7(2)10-8/h6H2,1-5H3,(H,10,11). The third kappa shape index (κ3) is 2.34. The van der Waals surface area contributed by atoms with Crippen LogP contribution in [0.3, 0.4) is 0 Å². The zero-order valence-electron chi connectivity index (χ0n) is 9.06. The molecule has 0 aliphatic carbocycles. The maximum absolute atomic E-state index is 5.48. The topological polar surface area (TPSA) is 37.9 Å². The second kappa shape index (κ2) is 3.53. The number of hydrogen-bond donors (Lipinski definition) is 1. The monoisotopic (exact) mass is 198 g/mol. The number of hydrogen-bond acceptors (Lipinski definition) is 2. The Hall–Kier alpha value is -0.773. The Bertz CT molecular complexity index is 288. The number of aromatic nitrogens is 2. The molecule has 0 saturated carbocycles. The lowest BCUT2D eigenvalue weighted by molar-refractivity contribution is 0.331. The van der Waals surface area contributed by atoms with Crippen molar-refractivity contribution in [2.75, 3.05) is 6.61 Å². The number of aromatic amines is 1. The highest BCUT2D eigenvalue weighted by Gasteiger charge is 2.24. The highest BCUT2D eigenvalue weighted by atomic mass is 28.3. The average Bonchev–Trinajstić information content (AvgIpc) is 2.30. The predicted octanol–water partition coefficient (Wildman–Crippen LogP) is 1.66. The van der Waals surface area contributed by atoms with E-state index in [2.05, 4.69) is 29.6 Å². The summed E-state index contributed by atoms with van der Waals surface area (Å²) in [7, 11) is -1.34. The molecule has 4 heteroatoms. The van der Waals surface area contributed by atoms with E-state index in [-0.39, 0.29) is 0 Å². The van der Waals surface area contributed by atoms with E-state index in [1.165, 1.54) is 5.32 Å². The minimum Gasteiger partial charge on any atom is -0.477 e. The van der Waals surface area contributed by atoms with Crippen LogP contribution < -0.4 is 10.1 Å². The van der Waals surface area contributed by atoms with Crippen molar-refractivity contribution >= 4 is 13.4 Å². The Balaban J connectivity index is 3.04. The van der Waals surface area contributed by atoms with Crippen molar-refractivity contribution < 1.29 is 4.74 Å². The van der Waals surface area contributed by atoms with Gasteiger partial charge < -0.3 is 9.72 Å². The Morgan fingerprint density at radius 1 is 1.38 bits per heavy atom. The van der Waals surface area contributed by atoms with Gasteiger partial charge in [-0.25, -0.2) is 0 Å². The summed E-state index contributed by atoms with van der Waals surface area (Å²) in [4.78, 5) is 7.62. The third-order valence-electron chi connectivity index (χ3n) is 1.82. The molecule has 1 heterocycles. The van der Waals surface area contributed by atoms with Crippen LogP contribution in [-0.4, -0.2) is 24.6 Å². The van der Waals surface area contributed by atoms with Crippen LogP contribution in [0, 0.1) is 6.92 Å². The first-order valence-electron chi connectivity index (χ1n) is 4.65. The van der Waals surface area contributed by atoms with Crippen LogP contribution in [0.25, 0.3) is 0 Å². The van der Waals surface area contributed by atoms with E-state index in [1.807, 2.05) is 13.8 Å². The first-order chi connectivity index (χ1) is 5.95. The number of imidazole rings is 1.